The van der Waals surface area contributed by atoms with Gasteiger partial charge in [0.05, 0.1) is 13.7 Å². The molecule has 28 heavy (non-hydrogen) atoms. The van der Waals surface area contributed by atoms with E-state index in [-0.39, 0.29) is 19.3 Å². The standard InChI is InChI=1S/C18H19N5O5/c1-3-26-18(24)21-17-20-16-13(25-2)6-7-15(23(16)22-17)19-9-11-4-5-12-14(8-11)28-10-27-12/h4-8,19H,3,9-10H2,1-2H3,(H,21,22,24). The third-order valence-electron chi connectivity index (χ3n) is 4.07. The molecule has 1 aliphatic rings. The van der Waals surface area contributed by atoms with E-state index in [1.165, 1.54) is 0 Å². The topological polar surface area (TPSA) is 108 Å². The van der Waals surface area contributed by atoms with Crippen LogP contribution in [-0.4, -0.2) is 41.2 Å². The number of nitrogens with zero attached hydrogens (tertiary/aromatic N) is 3. The van der Waals surface area contributed by atoms with Gasteiger partial charge in [-0.1, -0.05) is 6.07 Å². The van der Waals surface area contributed by atoms with Gasteiger partial charge in [-0.3, -0.25) is 5.32 Å². The van der Waals surface area contributed by atoms with Gasteiger partial charge in [-0.05, 0) is 36.8 Å². The average Bonchev–Trinajstić information content (AvgIpc) is 3.32. The predicted molar refractivity (Wildman–Crippen MR) is 100 cm³/mol. The van der Waals surface area contributed by atoms with Crippen molar-refractivity contribution in [1.82, 2.24) is 14.6 Å². The van der Waals surface area contributed by atoms with E-state index in [1.807, 2.05) is 24.3 Å². The first-order valence-corrected chi connectivity index (χ1v) is 8.68. The SMILES string of the molecule is CCOC(=O)Nc1nc2c(OC)ccc(NCc3ccc4c(c3)OCO4)n2n1. The van der Waals surface area contributed by atoms with Crippen molar-refractivity contribution >= 4 is 23.5 Å². The maximum atomic E-state index is 11.6. The zero-order valence-corrected chi connectivity index (χ0v) is 15.4. The fourth-order valence-electron chi connectivity index (χ4n) is 2.79. The number of ether oxygens (including phenoxy) is 4. The Labute approximate surface area is 160 Å². The van der Waals surface area contributed by atoms with Gasteiger partial charge in [0.15, 0.2) is 17.2 Å². The number of rotatable bonds is 6. The Hall–Kier alpha value is -3.69. The molecule has 10 heteroatoms. The van der Waals surface area contributed by atoms with Gasteiger partial charge in [0.25, 0.3) is 5.95 Å². The minimum Gasteiger partial charge on any atom is -0.493 e. The molecule has 4 rings (SSSR count). The third kappa shape index (κ3) is 3.43. The average molecular weight is 385 g/mol. The number of nitrogens with one attached hydrogen (secondary N) is 2. The van der Waals surface area contributed by atoms with Crippen molar-refractivity contribution in [2.45, 2.75) is 13.5 Å². The molecule has 0 atom stereocenters. The number of amides is 1. The molecular weight excluding hydrogens is 366 g/mol. The highest BCUT2D eigenvalue weighted by Gasteiger charge is 2.16. The van der Waals surface area contributed by atoms with Gasteiger partial charge < -0.3 is 24.3 Å². The lowest BCUT2D eigenvalue weighted by Gasteiger charge is -2.10. The van der Waals surface area contributed by atoms with Gasteiger partial charge in [-0.15, -0.1) is 5.10 Å². The van der Waals surface area contributed by atoms with Gasteiger partial charge in [0.2, 0.25) is 12.4 Å². The van der Waals surface area contributed by atoms with Gasteiger partial charge in [0, 0.05) is 6.54 Å². The molecule has 1 aliphatic heterocycles. The lowest BCUT2D eigenvalue weighted by molar-refractivity contribution is 0.167. The molecule has 0 bridgehead atoms. The lowest BCUT2D eigenvalue weighted by Crippen LogP contribution is -2.14. The van der Waals surface area contributed by atoms with E-state index in [0.29, 0.717) is 23.8 Å². The first kappa shape index (κ1) is 17.7. The van der Waals surface area contributed by atoms with Crippen LogP contribution < -0.4 is 24.8 Å². The fourth-order valence-corrected chi connectivity index (χ4v) is 2.79. The highest BCUT2D eigenvalue weighted by Crippen LogP contribution is 2.32. The van der Waals surface area contributed by atoms with Gasteiger partial charge >= 0.3 is 6.09 Å². The van der Waals surface area contributed by atoms with Crippen molar-refractivity contribution < 1.29 is 23.7 Å². The molecule has 146 valence electrons. The van der Waals surface area contributed by atoms with Crippen LogP contribution in [0.4, 0.5) is 16.6 Å². The van der Waals surface area contributed by atoms with Crippen LogP contribution in [0.5, 0.6) is 17.2 Å². The van der Waals surface area contributed by atoms with Crippen molar-refractivity contribution in [2.24, 2.45) is 0 Å². The monoisotopic (exact) mass is 385 g/mol. The smallest absolute Gasteiger partial charge is 0.414 e. The first-order chi connectivity index (χ1) is 13.7. The number of fused-ring (bicyclic) bond motifs is 2. The van der Waals surface area contributed by atoms with E-state index in [1.54, 1.807) is 24.6 Å². The van der Waals surface area contributed by atoms with Crippen LogP contribution in [0.1, 0.15) is 12.5 Å². The summed E-state index contributed by atoms with van der Waals surface area (Å²) >= 11 is 0. The molecule has 0 saturated heterocycles. The molecule has 10 nitrogen and oxygen atoms in total. The van der Waals surface area contributed by atoms with Crippen LogP contribution >= 0.6 is 0 Å². The number of benzene rings is 1. The number of pyridine rings is 1. The van der Waals surface area contributed by atoms with E-state index in [4.69, 9.17) is 18.9 Å². The normalized spacial score (nSPS) is 12.1. The van der Waals surface area contributed by atoms with E-state index in [0.717, 1.165) is 17.1 Å². The summed E-state index contributed by atoms with van der Waals surface area (Å²) < 4.78 is 22.5. The summed E-state index contributed by atoms with van der Waals surface area (Å²) in [5, 5.41) is 10.1. The number of methoxy groups -OCH3 is 1. The van der Waals surface area contributed by atoms with Gasteiger partial charge in [0.1, 0.15) is 5.82 Å². The van der Waals surface area contributed by atoms with Crippen molar-refractivity contribution in [3.8, 4) is 17.2 Å². The number of carbonyl (C=O) groups is 1. The van der Waals surface area contributed by atoms with Gasteiger partial charge in [-0.25, -0.2) is 4.79 Å². The summed E-state index contributed by atoms with van der Waals surface area (Å²) in [6.07, 6.45) is -0.618. The van der Waals surface area contributed by atoms with Crippen molar-refractivity contribution in [2.75, 3.05) is 31.1 Å². The molecule has 0 saturated carbocycles. The predicted octanol–water partition coefficient (Wildman–Crippen LogP) is 2.65. The largest absolute Gasteiger partial charge is 0.493 e. The molecule has 0 aliphatic carbocycles. The maximum absolute atomic E-state index is 11.6. The van der Waals surface area contributed by atoms with E-state index in [9.17, 15) is 4.79 Å². The van der Waals surface area contributed by atoms with Crippen LogP contribution in [0.15, 0.2) is 30.3 Å². The van der Waals surface area contributed by atoms with Crippen LogP contribution in [0.3, 0.4) is 0 Å². The van der Waals surface area contributed by atoms with Crippen LogP contribution in [0.25, 0.3) is 5.65 Å². The summed E-state index contributed by atoms with van der Waals surface area (Å²) in [5.74, 6) is 2.78. The number of aromatic nitrogens is 3. The summed E-state index contributed by atoms with van der Waals surface area (Å²) in [5.41, 5.74) is 1.48. The second-order valence-corrected chi connectivity index (χ2v) is 5.84. The van der Waals surface area contributed by atoms with E-state index >= 15 is 0 Å². The first-order valence-electron chi connectivity index (χ1n) is 8.68. The summed E-state index contributed by atoms with van der Waals surface area (Å²) in [6, 6.07) is 9.35. The zero-order valence-electron chi connectivity index (χ0n) is 15.4. The molecule has 3 heterocycles. The van der Waals surface area contributed by atoms with E-state index < -0.39 is 6.09 Å². The van der Waals surface area contributed by atoms with Crippen LogP contribution in [0, 0.1) is 0 Å². The molecule has 1 amide bonds. The Morgan fingerprint density at radius 3 is 2.93 bits per heavy atom. The number of hydrogen-bond acceptors (Lipinski definition) is 8. The number of carbonyl (C=O) groups excluding carboxylic acids is 1. The Morgan fingerprint density at radius 1 is 1.25 bits per heavy atom. The molecular formula is C18H19N5O5. The molecule has 3 aromatic rings. The second-order valence-electron chi connectivity index (χ2n) is 5.84. The van der Waals surface area contributed by atoms with Crippen LogP contribution in [0.2, 0.25) is 0 Å². The second kappa shape index (κ2) is 7.51. The summed E-state index contributed by atoms with van der Waals surface area (Å²) in [6.45, 7) is 2.74. The highest BCUT2D eigenvalue weighted by atomic mass is 16.7. The Morgan fingerprint density at radius 2 is 2.11 bits per heavy atom. The zero-order chi connectivity index (χ0) is 19.5. The van der Waals surface area contributed by atoms with Crippen molar-refractivity contribution in [1.29, 1.82) is 0 Å². The quantitative estimate of drug-likeness (QED) is 0.667. The summed E-state index contributed by atoms with van der Waals surface area (Å²) in [4.78, 5) is 15.9. The molecule has 2 aromatic heterocycles. The molecule has 0 spiro atoms. The Kier molecular flexibility index (Phi) is 4.75. The highest BCUT2D eigenvalue weighted by molar-refractivity contribution is 5.82. The number of anilines is 2. The summed E-state index contributed by atoms with van der Waals surface area (Å²) in [7, 11) is 1.54. The molecule has 1 aromatic carbocycles. The molecule has 0 fully saturated rings. The molecule has 0 radical (unpaired) electrons. The van der Waals surface area contributed by atoms with Crippen LogP contribution in [-0.2, 0) is 11.3 Å². The van der Waals surface area contributed by atoms with Crippen molar-refractivity contribution in [3.05, 3.63) is 35.9 Å². The lowest BCUT2D eigenvalue weighted by atomic mass is 10.2. The fraction of sp³-hybridized carbons (Fsp3) is 0.278. The molecule has 0 unspecified atom stereocenters. The molecule has 2 N–H and O–H groups in total. The number of hydrogen-bond donors (Lipinski definition) is 2. The maximum Gasteiger partial charge on any atom is 0.414 e. The Balaban J connectivity index is 1.57. The Bertz CT molecular complexity index is 1020. The third-order valence-corrected chi connectivity index (χ3v) is 4.07. The van der Waals surface area contributed by atoms with E-state index in [2.05, 4.69) is 20.7 Å². The minimum atomic E-state index is -0.618. The van der Waals surface area contributed by atoms with Gasteiger partial charge in [-0.2, -0.15) is 9.50 Å². The van der Waals surface area contributed by atoms with Crippen molar-refractivity contribution in [3.63, 3.8) is 0 Å². The minimum absolute atomic E-state index is 0.120.